The maximum absolute atomic E-state index is 12.8. The third-order valence-corrected chi connectivity index (χ3v) is 5.94. The second kappa shape index (κ2) is 6.14. The highest BCUT2D eigenvalue weighted by molar-refractivity contribution is 7.89. The van der Waals surface area contributed by atoms with Crippen molar-refractivity contribution in [2.75, 3.05) is 13.6 Å². The first kappa shape index (κ1) is 15.7. The first-order valence-corrected chi connectivity index (χ1v) is 8.85. The van der Waals surface area contributed by atoms with Crippen LogP contribution >= 0.6 is 0 Å². The fourth-order valence-electron chi connectivity index (χ4n) is 2.75. The Labute approximate surface area is 136 Å². The molecule has 0 spiro atoms. The number of benzene rings is 2. The molecule has 0 aromatic heterocycles. The van der Waals surface area contributed by atoms with Crippen LogP contribution in [0.5, 0.6) is 0 Å². The minimum absolute atomic E-state index is 0.213. The van der Waals surface area contributed by atoms with E-state index in [2.05, 4.69) is 5.32 Å². The van der Waals surface area contributed by atoms with Gasteiger partial charge in [0.2, 0.25) is 10.0 Å². The van der Waals surface area contributed by atoms with Crippen molar-refractivity contribution in [3.8, 4) is 0 Å². The van der Waals surface area contributed by atoms with Crippen LogP contribution in [-0.2, 0) is 23.0 Å². The molecular formula is C17H18N2O3S. The molecule has 6 heteroatoms. The molecule has 2 aromatic rings. The Morgan fingerprint density at radius 3 is 2.35 bits per heavy atom. The molecule has 0 radical (unpaired) electrons. The Bertz CT molecular complexity index is 829. The van der Waals surface area contributed by atoms with Gasteiger partial charge in [0.1, 0.15) is 0 Å². The van der Waals surface area contributed by atoms with Gasteiger partial charge >= 0.3 is 0 Å². The van der Waals surface area contributed by atoms with Crippen LogP contribution in [0, 0.1) is 0 Å². The Kier molecular flexibility index (Phi) is 4.19. The third-order valence-electron chi connectivity index (χ3n) is 4.08. The zero-order valence-corrected chi connectivity index (χ0v) is 13.6. The summed E-state index contributed by atoms with van der Waals surface area (Å²) in [5.41, 5.74) is 2.69. The molecule has 0 aliphatic carbocycles. The third kappa shape index (κ3) is 3.00. The summed E-state index contributed by atoms with van der Waals surface area (Å²) in [4.78, 5) is 11.8. The summed E-state index contributed by atoms with van der Waals surface area (Å²) in [5, 5.41) is 2.52. The summed E-state index contributed by atoms with van der Waals surface area (Å²) < 4.78 is 27.0. The molecule has 3 rings (SSSR count). The average molecular weight is 330 g/mol. The van der Waals surface area contributed by atoms with Crippen molar-refractivity contribution in [2.24, 2.45) is 0 Å². The van der Waals surface area contributed by atoms with Gasteiger partial charge in [-0.2, -0.15) is 4.31 Å². The molecule has 23 heavy (non-hydrogen) atoms. The van der Waals surface area contributed by atoms with Gasteiger partial charge in [-0.25, -0.2) is 8.42 Å². The number of rotatable bonds is 3. The molecule has 1 N–H and O–H groups in total. The van der Waals surface area contributed by atoms with Gasteiger partial charge in [-0.1, -0.05) is 24.3 Å². The molecule has 1 amide bonds. The molecule has 120 valence electrons. The van der Waals surface area contributed by atoms with Gasteiger partial charge in [-0.3, -0.25) is 4.79 Å². The molecule has 2 aromatic carbocycles. The fraction of sp³-hybridized carbons (Fsp3) is 0.235. The van der Waals surface area contributed by atoms with Crippen molar-refractivity contribution in [3.05, 3.63) is 65.2 Å². The number of carbonyl (C=O) groups excluding carboxylic acids is 1. The number of nitrogens with zero attached hydrogens (tertiary/aromatic N) is 1. The molecule has 0 fully saturated rings. The molecule has 0 saturated heterocycles. The van der Waals surface area contributed by atoms with Crippen LogP contribution in [0.1, 0.15) is 21.5 Å². The van der Waals surface area contributed by atoms with Gasteiger partial charge < -0.3 is 5.32 Å². The lowest BCUT2D eigenvalue weighted by atomic mass is 10.0. The fourth-order valence-corrected chi connectivity index (χ4v) is 4.17. The zero-order valence-electron chi connectivity index (χ0n) is 12.8. The van der Waals surface area contributed by atoms with Crippen molar-refractivity contribution in [1.82, 2.24) is 9.62 Å². The Morgan fingerprint density at radius 1 is 1.04 bits per heavy atom. The Hall–Kier alpha value is -2.18. The lowest BCUT2D eigenvalue weighted by molar-refractivity contribution is 0.0963. The van der Waals surface area contributed by atoms with E-state index in [1.807, 2.05) is 24.3 Å². The summed E-state index contributed by atoms with van der Waals surface area (Å²) in [6.45, 7) is 0.853. The molecule has 0 atom stereocenters. The lowest BCUT2D eigenvalue weighted by Gasteiger charge is -2.28. The van der Waals surface area contributed by atoms with E-state index >= 15 is 0 Å². The van der Waals surface area contributed by atoms with Crippen LogP contribution in [-0.4, -0.2) is 32.2 Å². The maximum atomic E-state index is 12.8. The summed E-state index contributed by atoms with van der Waals surface area (Å²) in [7, 11) is -2.01. The average Bonchev–Trinajstić information content (AvgIpc) is 2.60. The van der Waals surface area contributed by atoms with E-state index in [0.717, 1.165) is 5.56 Å². The van der Waals surface area contributed by atoms with Gasteiger partial charge in [0.25, 0.3) is 5.91 Å². The van der Waals surface area contributed by atoms with Crippen molar-refractivity contribution < 1.29 is 13.2 Å². The zero-order chi connectivity index (χ0) is 16.4. The first-order chi connectivity index (χ1) is 11.0. The van der Waals surface area contributed by atoms with E-state index in [1.165, 1.54) is 41.2 Å². The predicted octanol–water partition coefficient (Wildman–Crippen LogP) is 1.79. The molecule has 1 heterocycles. The number of fused-ring (bicyclic) bond motifs is 1. The number of amides is 1. The van der Waals surface area contributed by atoms with Crippen LogP contribution in [0.25, 0.3) is 0 Å². The molecular weight excluding hydrogens is 312 g/mol. The largest absolute Gasteiger partial charge is 0.355 e. The number of carbonyl (C=O) groups is 1. The first-order valence-electron chi connectivity index (χ1n) is 7.41. The van der Waals surface area contributed by atoms with Crippen molar-refractivity contribution in [1.29, 1.82) is 0 Å². The van der Waals surface area contributed by atoms with Crippen molar-refractivity contribution in [3.63, 3.8) is 0 Å². The van der Waals surface area contributed by atoms with Gasteiger partial charge in [-0.15, -0.1) is 0 Å². The molecule has 5 nitrogen and oxygen atoms in total. The van der Waals surface area contributed by atoms with Gasteiger partial charge in [0.15, 0.2) is 0 Å². The SMILES string of the molecule is CNC(=O)c1ccc(S(=O)(=O)N2CCc3ccccc3C2)cc1. The Morgan fingerprint density at radius 2 is 1.70 bits per heavy atom. The van der Waals surface area contributed by atoms with Crippen LogP contribution in [0.15, 0.2) is 53.4 Å². The smallest absolute Gasteiger partial charge is 0.251 e. The second-order valence-corrected chi connectivity index (χ2v) is 7.40. The second-order valence-electron chi connectivity index (χ2n) is 5.46. The maximum Gasteiger partial charge on any atom is 0.251 e. The summed E-state index contributed by atoms with van der Waals surface area (Å²) >= 11 is 0. The van der Waals surface area contributed by atoms with Gasteiger partial charge in [0, 0.05) is 25.7 Å². The topological polar surface area (TPSA) is 66.5 Å². The number of hydrogen-bond donors (Lipinski definition) is 1. The highest BCUT2D eigenvalue weighted by atomic mass is 32.2. The minimum Gasteiger partial charge on any atom is -0.355 e. The van der Waals surface area contributed by atoms with Crippen LogP contribution in [0.4, 0.5) is 0 Å². The highest BCUT2D eigenvalue weighted by Crippen LogP contribution is 2.25. The van der Waals surface area contributed by atoms with E-state index in [1.54, 1.807) is 0 Å². The number of nitrogens with one attached hydrogen (secondary N) is 1. The number of hydrogen-bond acceptors (Lipinski definition) is 3. The number of sulfonamides is 1. The molecule has 0 unspecified atom stereocenters. The molecule has 0 saturated carbocycles. The van der Waals surface area contributed by atoms with Crippen LogP contribution in [0.2, 0.25) is 0 Å². The standard InChI is InChI=1S/C17H18N2O3S/c1-18-17(20)14-6-8-16(9-7-14)23(21,22)19-11-10-13-4-2-3-5-15(13)12-19/h2-9H,10-12H2,1H3,(H,18,20). The van der Waals surface area contributed by atoms with E-state index in [4.69, 9.17) is 0 Å². The van der Waals surface area contributed by atoms with E-state index in [0.29, 0.717) is 25.1 Å². The van der Waals surface area contributed by atoms with E-state index < -0.39 is 10.0 Å². The van der Waals surface area contributed by atoms with Crippen LogP contribution in [0.3, 0.4) is 0 Å². The monoisotopic (exact) mass is 330 g/mol. The van der Waals surface area contributed by atoms with Gasteiger partial charge in [0.05, 0.1) is 4.90 Å². The lowest BCUT2D eigenvalue weighted by Crippen LogP contribution is -2.35. The summed E-state index contributed by atoms with van der Waals surface area (Å²) in [6.07, 6.45) is 0.714. The van der Waals surface area contributed by atoms with Crippen LogP contribution < -0.4 is 5.32 Å². The summed E-state index contributed by atoms with van der Waals surface area (Å²) in [5.74, 6) is -0.235. The minimum atomic E-state index is -3.55. The predicted molar refractivity (Wildman–Crippen MR) is 87.6 cm³/mol. The molecule has 1 aliphatic heterocycles. The van der Waals surface area contributed by atoms with E-state index in [9.17, 15) is 13.2 Å². The molecule has 1 aliphatic rings. The van der Waals surface area contributed by atoms with Gasteiger partial charge in [-0.05, 0) is 41.8 Å². The quantitative estimate of drug-likeness (QED) is 0.933. The molecule has 0 bridgehead atoms. The normalized spacial score (nSPS) is 15.0. The van der Waals surface area contributed by atoms with Crippen molar-refractivity contribution >= 4 is 15.9 Å². The Balaban J connectivity index is 1.86. The van der Waals surface area contributed by atoms with E-state index in [-0.39, 0.29) is 10.8 Å². The van der Waals surface area contributed by atoms with Crippen molar-refractivity contribution in [2.45, 2.75) is 17.9 Å². The summed E-state index contributed by atoms with van der Waals surface area (Å²) in [6, 6.07) is 13.9. The highest BCUT2D eigenvalue weighted by Gasteiger charge is 2.28.